The van der Waals surface area contributed by atoms with Gasteiger partial charge < -0.3 is 4.90 Å². The van der Waals surface area contributed by atoms with E-state index in [4.69, 9.17) is 0 Å². The van der Waals surface area contributed by atoms with Gasteiger partial charge in [0.2, 0.25) is 0 Å². The van der Waals surface area contributed by atoms with Crippen LogP contribution in [0.25, 0.3) is 53.6 Å². The van der Waals surface area contributed by atoms with Crippen LogP contribution in [0.2, 0.25) is 0 Å². The average molecular weight is 580 g/mol. The van der Waals surface area contributed by atoms with Crippen molar-refractivity contribution in [2.75, 3.05) is 4.90 Å². The molecule has 0 aliphatic heterocycles. The van der Waals surface area contributed by atoms with Crippen LogP contribution in [0.15, 0.2) is 176 Å². The highest BCUT2D eigenvalue weighted by molar-refractivity contribution is 7.26. The molecule has 0 unspecified atom stereocenters. The third kappa shape index (κ3) is 4.76. The lowest BCUT2D eigenvalue weighted by Gasteiger charge is -2.28. The fourth-order valence-corrected chi connectivity index (χ4v) is 7.32. The Morgan fingerprint density at radius 2 is 0.909 bits per heavy atom. The molecule has 0 amide bonds. The van der Waals surface area contributed by atoms with E-state index in [1.165, 1.54) is 53.6 Å². The molecule has 0 radical (unpaired) electrons. The van der Waals surface area contributed by atoms with Crippen molar-refractivity contribution in [3.63, 3.8) is 0 Å². The van der Waals surface area contributed by atoms with E-state index >= 15 is 0 Å². The van der Waals surface area contributed by atoms with Crippen LogP contribution in [0.1, 0.15) is 0 Å². The maximum atomic E-state index is 2.41. The van der Waals surface area contributed by atoms with Gasteiger partial charge in [0.1, 0.15) is 0 Å². The Morgan fingerprint density at radius 3 is 1.64 bits per heavy atom. The van der Waals surface area contributed by atoms with Crippen LogP contribution in [-0.2, 0) is 0 Å². The number of hydrogen-bond acceptors (Lipinski definition) is 2. The van der Waals surface area contributed by atoms with Crippen LogP contribution in [0, 0.1) is 0 Å². The topological polar surface area (TPSA) is 3.24 Å². The Morgan fingerprint density at radius 1 is 0.364 bits per heavy atom. The van der Waals surface area contributed by atoms with Crippen molar-refractivity contribution in [3.8, 4) is 33.4 Å². The van der Waals surface area contributed by atoms with E-state index in [1.807, 2.05) is 11.3 Å². The van der Waals surface area contributed by atoms with Crippen molar-refractivity contribution in [3.05, 3.63) is 176 Å². The molecule has 0 spiro atoms. The van der Waals surface area contributed by atoms with Crippen LogP contribution < -0.4 is 4.90 Å². The molecule has 0 N–H and O–H groups in total. The number of para-hydroxylation sites is 1. The monoisotopic (exact) mass is 579 g/mol. The van der Waals surface area contributed by atoms with E-state index in [-0.39, 0.29) is 0 Å². The first kappa shape index (κ1) is 26.2. The molecule has 0 aliphatic carbocycles. The second kappa shape index (κ2) is 11.3. The smallest absolute Gasteiger partial charge is 0.0547 e. The molecule has 1 aromatic heterocycles. The van der Waals surface area contributed by atoms with Crippen LogP contribution in [0.5, 0.6) is 0 Å². The molecule has 0 fully saturated rings. The molecule has 1 nitrogen and oxygen atoms in total. The summed E-state index contributed by atoms with van der Waals surface area (Å²) < 4.78 is 2.60. The summed E-state index contributed by atoms with van der Waals surface area (Å²) in [6, 6.07) is 63.3. The molecule has 0 aliphatic rings. The highest BCUT2D eigenvalue weighted by Crippen LogP contribution is 2.49. The summed E-state index contributed by atoms with van der Waals surface area (Å²) in [7, 11) is 0. The van der Waals surface area contributed by atoms with Crippen molar-refractivity contribution >= 4 is 48.6 Å². The molecule has 7 aromatic carbocycles. The van der Waals surface area contributed by atoms with Gasteiger partial charge in [0.05, 0.1) is 5.69 Å². The van der Waals surface area contributed by atoms with Gasteiger partial charge in [-0.05, 0) is 76.3 Å². The molecule has 8 aromatic rings. The zero-order valence-electron chi connectivity index (χ0n) is 24.1. The number of thiophene rings is 1. The summed E-state index contributed by atoms with van der Waals surface area (Å²) in [6.07, 6.45) is 0. The first-order valence-corrected chi connectivity index (χ1v) is 15.8. The van der Waals surface area contributed by atoms with Crippen LogP contribution in [0.4, 0.5) is 17.1 Å². The lowest BCUT2D eigenvalue weighted by Crippen LogP contribution is -2.11. The predicted molar refractivity (Wildman–Crippen MR) is 190 cm³/mol. The van der Waals surface area contributed by atoms with Crippen LogP contribution in [0.3, 0.4) is 0 Å². The number of nitrogens with zero attached hydrogens (tertiary/aromatic N) is 1. The third-order valence-electron chi connectivity index (χ3n) is 8.27. The normalized spacial score (nSPS) is 11.2. The Hall–Kier alpha value is -5.44. The summed E-state index contributed by atoms with van der Waals surface area (Å²) >= 11 is 1.86. The van der Waals surface area contributed by atoms with E-state index in [1.54, 1.807) is 0 Å². The number of benzene rings is 7. The van der Waals surface area contributed by atoms with Gasteiger partial charge in [-0.2, -0.15) is 0 Å². The quantitative estimate of drug-likeness (QED) is 0.189. The van der Waals surface area contributed by atoms with Gasteiger partial charge in [0.25, 0.3) is 0 Å². The zero-order valence-corrected chi connectivity index (χ0v) is 24.9. The van der Waals surface area contributed by atoms with Crippen LogP contribution >= 0.6 is 11.3 Å². The molecule has 0 saturated heterocycles. The summed E-state index contributed by atoms with van der Waals surface area (Å²) in [5.74, 6) is 0. The van der Waals surface area contributed by atoms with Crippen molar-refractivity contribution in [2.24, 2.45) is 0 Å². The van der Waals surface area contributed by atoms with E-state index in [2.05, 4.69) is 181 Å². The minimum absolute atomic E-state index is 1.12. The Kier molecular flexibility index (Phi) is 6.75. The molecule has 8 rings (SSSR count). The van der Waals surface area contributed by atoms with Gasteiger partial charge in [0.15, 0.2) is 0 Å². The minimum Gasteiger partial charge on any atom is -0.310 e. The Labute approximate surface area is 261 Å². The Bertz CT molecular complexity index is 2200. The van der Waals surface area contributed by atoms with Crippen LogP contribution in [-0.4, -0.2) is 0 Å². The molecule has 0 atom stereocenters. The highest BCUT2D eigenvalue weighted by atomic mass is 32.1. The lowest BCUT2D eigenvalue weighted by molar-refractivity contribution is 1.29. The average Bonchev–Trinajstić information content (AvgIpc) is 3.49. The van der Waals surface area contributed by atoms with E-state index in [0.717, 1.165) is 17.1 Å². The van der Waals surface area contributed by atoms with Crippen molar-refractivity contribution < 1.29 is 0 Å². The number of rotatable bonds is 6. The molecular formula is C42H29NS. The summed E-state index contributed by atoms with van der Waals surface area (Å²) in [6.45, 7) is 0. The molecule has 44 heavy (non-hydrogen) atoms. The molecule has 2 heteroatoms. The van der Waals surface area contributed by atoms with Gasteiger partial charge in [-0.3, -0.25) is 0 Å². The molecule has 1 heterocycles. The SMILES string of the molecule is c1ccc(-c2ccc(N(c3ccccc3)c3ccc4sc5ccccc5c4c3-c3cccc(-c4ccccc4)c3)cc2)cc1. The number of fused-ring (bicyclic) bond motifs is 3. The predicted octanol–water partition coefficient (Wildman–Crippen LogP) is 12.5. The summed E-state index contributed by atoms with van der Waals surface area (Å²) in [5, 5.41) is 2.59. The molecule has 208 valence electrons. The van der Waals surface area contributed by atoms with Crippen molar-refractivity contribution in [2.45, 2.75) is 0 Å². The van der Waals surface area contributed by atoms with Gasteiger partial charge in [-0.15, -0.1) is 11.3 Å². The molecular weight excluding hydrogens is 551 g/mol. The van der Waals surface area contributed by atoms with Crippen molar-refractivity contribution in [1.29, 1.82) is 0 Å². The fourth-order valence-electron chi connectivity index (χ4n) is 6.21. The first-order valence-electron chi connectivity index (χ1n) is 14.9. The second-order valence-electron chi connectivity index (χ2n) is 11.0. The summed E-state index contributed by atoms with van der Waals surface area (Å²) in [4.78, 5) is 2.41. The highest BCUT2D eigenvalue weighted by Gasteiger charge is 2.22. The fraction of sp³-hybridized carbons (Fsp3) is 0. The third-order valence-corrected chi connectivity index (χ3v) is 9.40. The molecule has 0 saturated carbocycles. The lowest BCUT2D eigenvalue weighted by atomic mass is 9.93. The maximum Gasteiger partial charge on any atom is 0.0547 e. The number of anilines is 3. The van der Waals surface area contributed by atoms with Gasteiger partial charge >= 0.3 is 0 Å². The molecule has 0 bridgehead atoms. The van der Waals surface area contributed by atoms with Gasteiger partial charge in [-0.25, -0.2) is 0 Å². The maximum absolute atomic E-state index is 2.41. The number of hydrogen-bond donors (Lipinski definition) is 0. The van der Waals surface area contributed by atoms with E-state index < -0.39 is 0 Å². The zero-order chi connectivity index (χ0) is 29.3. The van der Waals surface area contributed by atoms with Crippen molar-refractivity contribution in [1.82, 2.24) is 0 Å². The minimum atomic E-state index is 1.12. The first-order chi connectivity index (χ1) is 21.8. The standard InChI is InChI=1S/C42H29NS/c1-4-13-30(14-5-1)32-23-25-36(26-24-32)43(35-19-8-3-9-20-35)38-27-28-40-42(37-21-10-11-22-39(37)44-40)41(38)34-18-12-17-33(29-34)31-15-6-2-7-16-31/h1-29H. The largest absolute Gasteiger partial charge is 0.310 e. The second-order valence-corrected chi connectivity index (χ2v) is 12.0. The Balaban J connectivity index is 1.40. The van der Waals surface area contributed by atoms with Gasteiger partial charge in [0, 0.05) is 37.1 Å². The van der Waals surface area contributed by atoms with Gasteiger partial charge in [-0.1, -0.05) is 127 Å². The summed E-state index contributed by atoms with van der Waals surface area (Å²) in [5.41, 5.74) is 10.7. The van der Waals surface area contributed by atoms with E-state index in [0.29, 0.717) is 0 Å². The van der Waals surface area contributed by atoms with E-state index in [9.17, 15) is 0 Å².